The van der Waals surface area contributed by atoms with E-state index in [1.54, 1.807) is 16.9 Å². The molecule has 0 aliphatic rings. The molecule has 1 N–H and O–H groups in total. The van der Waals surface area contributed by atoms with Crippen molar-refractivity contribution in [3.63, 3.8) is 0 Å². The van der Waals surface area contributed by atoms with Gasteiger partial charge in [-0.1, -0.05) is 30.3 Å². The summed E-state index contributed by atoms with van der Waals surface area (Å²) in [6.07, 6.45) is -1.37. The summed E-state index contributed by atoms with van der Waals surface area (Å²) in [5.41, 5.74) is -0.926. The lowest BCUT2D eigenvalue weighted by Gasteiger charge is -2.10. The number of thioether (sulfide) groups is 1. The van der Waals surface area contributed by atoms with Gasteiger partial charge in [-0.25, -0.2) is 9.67 Å². The van der Waals surface area contributed by atoms with E-state index in [4.69, 9.17) is 11.6 Å². The van der Waals surface area contributed by atoms with Crippen LogP contribution < -0.4 is 5.32 Å². The van der Waals surface area contributed by atoms with Crippen LogP contribution in [-0.2, 0) is 17.5 Å². The van der Waals surface area contributed by atoms with Gasteiger partial charge in [-0.3, -0.25) is 4.79 Å². The maximum absolute atomic E-state index is 12.5. The first-order chi connectivity index (χ1) is 11.3. The van der Waals surface area contributed by atoms with Gasteiger partial charge in [-0.2, -0.15) is 18.3 Å². The van der Waals surface area contributed by atoms with Crippen LogP contribution >= 0.6 is 23.4 Å². The summed E-state index contributed by atoms with van der Waals surface area (Å²) in [7, 11) is 0. The molecule has 10 heteroatoms. The van der Waals surface area contributed by atoms with Gasteiger partial charge in [0.25, 0.3) is 0 Å². The molecule has 2 rings (SSSR count). The number of alkyl halides is 3. The van der Waals surface area contributed by atoms with E-state index in [2.05, 4.69) is 15.4 Å². The van der Waals surface area contributed by atoms with Crippen molar-refractivity contribution in [2.75, 3.05) is 11.1 Å². The summed E-state index contributed by atoms with van der Waals surface area (Å²) in [4.78, 5) is 15.6. The van der Waals surface area contributed by atoms with Crippen LogP contribution in [0.2, 0.25) is 5.02 Å². The number of aryl methyl sites for hydroxylation is 1. The first-order valence-corrected chi connectivity index (χ1v) is 8.34. The highest BCUT2D eigenvalue weighted by molar-refractivity contribution is 8.00. The molecule has 0 aliphatic carbocycles. The third-order valence-corrected chi connectivity index (χ3v) is 4.30. The number of carbonyl (C=O) groups is 1. The standard InChI is InChI=1S/C14H14ClF3N4OS/c1-2-5-22-11(3-4-20-22)21-12(23)8-24-13-10(15)6-9(7-19-13)14(16,17)18/h3-4,6-7H,2,5,8H2,1H3,(H,21,23). The molecule has 2 aromatic heterocycles. The minimum atomic E-state index is -4.51. The van der Waals surface area contributed by atoms with E-state index < -0.39 is 11.7 Å². The Balaban J connectivity index is 1.95. The molecule has 0 fully saturated rings. The van der Waals surface area contributed by atoms with Crippen molar-refractivity contribution >= 4 is 35.1 Å². The smallest absolute Gasteiger partial charge is 0.310 e. The van der Waals surface area contributed by atoms with Gasteiger partial charge >= 0.3 is 6.18 Å². The molecule has 0 spiro atoms. The lowest BCUT2D eigenvalue weighted by molar-refractivity contribution is -0.137. The van der Waals surface area contributed by atoms with E-state index in [1.807, 2.05) is 6.92 Å². The highest BCUT2D eigenvalue weighted by Gasteiger charge is 2.31. The van der Waals surface area contributed by atoms with Crippen LogP contribution in [0.15, 0.2) is 29.6 Å². The number of halogens is 4. The van der Waals surface area contributed by atoms with Gasteiger partial charge in [-0.05, 0) is 12.5 Å². The molecule has 0 aliphatic heterocycles. The molecule has 0 unspecified atom stereocenters. The summed E-state index contributed by atoms with van der Waals surface area (Å²) in [5, 5.41) is 6.80. The number of rotatable bonds is 6. The van der Waals surface area contributed by atoms with Gasteiger partial charge < -0.3 is 5.32 Å². The molecule has 24 heavy (non-hydrogen) atoms. The summed E-state index contributed by atoms with van der Waals surface area (Å²) >= 11 is 6.76. The molecule has 0 saturated heterocycles. The average Bonchev–Trinajstić information content (AvgIpc) is 2.92. The SMILES string of the molecule is CCCn1nccc1NC(=O)CSc1ncc(C(F)(F)F)cc1Cl. The van der Waals surface area contributed by atoms with Gasteiger partial charge in [-0.15, -0.1) is 0 Å². The molecule has 1 amide bonds. The van der Waals surface area contributed by atoms with Crippen molar-refractivity contribution in [2.24, 2.45) is 0 Å². The van der Waals surface area contributed by atoms with E-state index in [0.29, 0.717) is 18.6 Å². The first-order valence-electron chi connectivity index (χ1n) is 6.98. The number of aromatic nitrogens is 3. The molecule has 2 heterocycles. The van der Waals surface area contributed by atoms with E-state index in [0.717, 1.165) is 24.2 Å². The fourth-order valence-electron chi connectivity index (χ4n) is 1.83. The lowest BCUT2D eigenvalue weighted by Crippen LogP contribution is -2.17. The number of carbonyl (C=O) groups excluding carboxylic acids is 1. The number of nitrogens with zero attached hydrogens (tertiary/aromatic N) is 3. The highest BCUT2D eigenvalue weighted by atomic mass is 35.5. The van der Waals surface area contributed by atoms with E-state index >= 15 is 0 Å². The Hall–Kier alpha value is -1.74. The summed E-state index contributed by atoms with van der Waals surface area (Å²) in [5.74, 6) is 0.208. The third kappa shape index (κ3) is 4.88. The van der Waals surface area contributed by atoms with Crippen molar-refractivity contribution < 1.29 is 18.0 Å². The van der Waals surface area contributed by atoms with Crippen LogP contribution in [0.1, 0.15) is 18.9 Å². The topological polar surface area (TPSA) is 59.8 Å². The molecule has 0 aromatic carbocycles. The molecule has 130 valence electrons. The number of pyridine rings is 1. The van der Waals surface area contributed by atoms with Crippen LogP contribution in [0.4, 0.5) is 19.0 Å². The minimum Gasteiger partial charge on any atom is -0.310 e. The second kappa shape index (κ2) is 7.89. The Kier molecular flexibility index (Phi) is 6.11. The third-order valence-electron chi connectivity index (χ3n) is 2.89. The quantitative estimate of drug-likeness (QED) is 0.769. The molecule has 0 bridgehead atoms. The van der Waals surface area contributed by atoms with Gasteiger partial charge in [0.05, 0.1) is 22.5 Å². The predicted octanol–water partition coefficient (Wildman–Crippen LogP) is 4.09. The molecule has 0 atom stereocenters. The Morgan fingerprint density at radius 3 is 2.83 bits per heavy atom. The minimum absolute atomic E-state index is 0.0324. The zero-order valence-electron chi connectivity index (χ0n) is 12.6. The van der Waals surface area contributed by atoms with Crippen molar-refractivity contribution in [3.8, 4) is 0 Å². The van der Waals surface area contributed by atoms with Crippen LogP contribution in [-0.4, -0.2) is 26.4 Å². The summed E-state index contributed by atoms with van der Waals surface area (Å²) in [6, 6.07) is 2.46. The Bertz CT molecular complexity index is 720. The fraction of sp³-hybridized carbons (Fsp3) is 0.357. The van der Waals surface area contributed by atoms with Crippen molar-refractivity contribution in [2.45, 2.75) is 31.1 Å². The number of hydrogen-bond acceptors (Lipinski definition) is 4. The number of amides is 1. The lowest BCUT2D eigenvalue weighted by atomic mass is 10.3. The van der Waals surface area contributed by atoms with Crippen LogP contribution in [0, 0.1) is 0 Å². The van der Waals surface area contributed by atoms with Gasteiger partial charge in [0.1, 0.15) is 10.8 Å². The average molecular weight is 379 g/mol. The maximum Gasteiger partial charge on any atom is 0.417 e. The normalized spacial score (nSPS) is 11.5. The molecule has 0 radical (unpaired) electrons. The van der Waals surface area contributed by atoms with Crippen molar-refractivity contribution in [3.05, 3.63) is 35.1 Å². The van der Waals surface area contributed by atoms with Gasteiger partial charge in [0.2, 0.25) is 5.91 Å². The second-order valence-electron chi connectivity index (χ2n) is 4.79. The molecule has 5 nitrogen and oxygen atoms in total. The fourth-order valence-corrected chi connectivity index (χ4v) is 2.82. The van der Waals surface area contributed by atoms with Crippen molar-refractivity contribution in [1.82, 2.24) is 14.8 Å². The van der Waals surface area contributed by atoms with Crippen LogP contribution in [0.5, 0.6) is 0 Å². The van der Waals surface area contributed by atoms with Crippen molar-refractivity contribution in [1.29, 1.82) is 0 Å². The zero-order valence-corrected chi connectivity index (χ0v) is 14.2. The van der Waals surface area contributed by atoms with E-state index in [1.165, 1.54) is 0 Å². The number of anilines is 1. The largest absolute Gasteiger partial charge is 0.417 e. The molecular formula is C14H14ClF3N4OS. The summed E-state index contributed by atoms with van der Waals surface area (Å²) < 4.78 is 39.3. The highest BCUT2D eigenvalue weighted by Crippen LogP contribution is 2.33. The molecule has 2 aromatic rings. The monoisotopic (exact) mass is 378 g/mol. The predicted molar refractivity (Wildman–Crippen MR) is 86.1 cm³/mol. The maximum atomic E-state index is 12.5. The van der Waals surface area contributed by atoms with E-state index in [-0.39, 0.29) is 21.7 Å². The molecule has 0 saturated carbocycles. The van der Waals surface area contributed by atoms with Gasteiger partial charge in [0, 0.05) is 18.8 Å². The van der Waals surface area contributed by atoms with Gasteiger partial charge in [0.15, 0.2) is 0 Å². The Morgan fingerprint density at radius 2 is 2.21 bits per heavy atom. The number of nitrogens with one attached hydrogen (secondary N) is 1. The first kappa shape index (κ1) is 18.6. The van der Waals surface area contributed by atoms with Crippen LogP contribution in [0.3, 0.4) is 0 Å². The molecular weight excluding hydrogens is 365 g/mol. The number of hydrogen-bond donors (Lipinski definition) is 1. The van der Waals surface area contributed by atoms with E-state index in [9.17, 15) is 18.0 Å². The Labute approximate surface area is 145 Å². The van der Waals surface area contributed by atoms with Crippen LogP contribution in [0.25, 0.3) is 0 Å². The zero-order chi connectivity index (χ0) is 17.7. The second-order valence-corrected chi connectivity index (χ2v) is 6.16. The Morgan fingerprint density at radius 1 is 1.46 bits per heavy atom. The summed E-state index contributed by atoms with van der Waals surface area (Å²) in [6.45, 7) is 2.66.